The lowest BCUT2D eigenvalue weighted by Gasteiger charge is -2.27. The van der Waals surface area contributed by atoms with Gasteiger partial charge in [0, 0.05) is 13.0 Å². The van der Waals surface area contributed by atoms with Crippen molar-refractivity contribution in [3.8, 4) is 5.75 Å². The maximum atomic E-state index is 13.0. The van der Waals surface area contributed by atoms with Crippen LogP contribution >= 0.6 is 0 Å². The SMILES string of the molecule is CC(C)C[C@H](NC(=O)[C@@H]1CCCN1C(=O)CCc1ccc(O)cc1)C(=O)N[C@@H](C)C(=O)O. The van der Waals surface area contributed by atoms with Gasteiger partial charge >= 0.3 is 5.97 Å². The molecule has 1 aromatic rings. The van der Waals surface area contributed by atoms with Crippen molar-refractivity contribution in [1.82, 2.24) is 15.5 Å². The van der Waals surface area contributed by atoms with Crippen LogP contribution in [0.2, 0.25) is 0 Å². The van der Waals surface area contributed by atoms with Crippen LogP contribution in [-0.4, -0.2) is 63.5 Å². The molecule has 1 aliphatic heterocycles. The smallest absolute Gasteiger partial charge is 0.325 e. The first-order valence-electron chi connectivity index (χ1n) is 11.0. The first-order valence-corrected chi connectivity index (χ1v) is 11.0. The van der Waals surface area contributed by atoms with Gasteiger partial charge in [0.15, 0.2) is 0 Å². The Hall–Kier alpha value is -3.10. The summed E-state index contributed by atoms with van der Waals surface area (Å²) in [6.07, 6.45) is 2.29. The van der Waals surface area contributed by atoms with Crippen LogP contribution in [0.15, 0.2) is 24.3 Å². The van der Waals surface area contributed by atoms with Crippen LogP contribution in [-0.2, 0) is 25.6 Å². The number of benzene rings is 1. The van der Waals surface area contributed by atoms with Crippen molar-refractivity contribution in [2.75, 3.05) is 6.54 Å². The fourth-order valence-corrected chi connectivity index (χ4v) is 3.74. The molecule has 32 heavy (non-hydrogen) atoms. The predicted molar refractivity (Wildman–Crippen MR) is 118 cm³/mol. The van der Waals surface area contributed by atoms with Crippen molar-refractivity contribution in [3.05, 3.63) is 29.8 Å². The van der Waals surface area contributed by atoms with E-state index in [4.69, 9.17) is 5.11 Å². The minimum Gasteiger partial charge on any atom is -0.508 e. The molecule has 1 fully saturated rings. The van der Waals surface area contributed by atoms with E-state index in [1.54, 1.807) is 29.2 Å². The topological polar surface area (TPSA) is 136 Å². The number of hydrogen-bond acceptors (Lipinski definition) is 5. The number of aromatic hydroxyl groups is 1. The molecular weight excluding hydrogens is 414 g/mol. The maximum absolute atomic E-state index is 13.0. The van der Waals surface area contributed by atoms with Crippen molar-refractivity contribution in [3.63, 3.8) is 0 Å². The molecule has 0 saturated carbocycles. The molecule has 0 radical (unpaired) electrons. The lowest BCUT2D eigenvalue weighted by atomic mass is 10.0. The van der Waals surface area contributed by atoms with Gasteiger partial charge in [-0.05, 0) is 56.2 Å². The number of carbonyl (C=O) groups is 4. The van der Waals surface area contributed by atoms with Crippen molar-refractivity contribution in [2.24, 2.45) is 5.92 Å². The molecule has 3 atom stereocenters. The summed E-state index contributed by atoms with van der Waals surface area (Å²) in [4.78, 5) is 50.9. The van der Waals surface area contributed by atoms with E-state index < -0.39 is 35.9 Å². The minimum absolute atomic E-state index is 0.0952. The van der Waals surface area contributed by atoms with Gasteiger partial charge in [0.2, 0.25) is 17.7 Å². The van der Waals surface area contributed by atoms with Crippen molar-refractivity contribution < 1.29 is 29.4 Å². The lowest BCUT2D eigenvalue weighted by molar-refractivity contribution is -0.142. The Kier molecular flexibility index (Phi) is 9.04. The van der Waals surface area contributed by atoms with Gasteiger partial charge in [-0.1, -0.05) is 26.0 Å². The van der Waals surface area contributed by atoms with Gasteiger partial charge in [0.1, 0.15) is 23.9 Å². The molecule has 0 spiro atoms. The Bertz CT molecular complexity index is 824. The highest BCUT2D eigenvalue weighted by Crippen LogP contribution is 2.20. The number of nitrogens with zero attached hydrogens (tertiary/aromatic N) is 1. The number of phenols is 1. The van der Waals surface area contributed by atoms with Crippen molar-refractivity contribution in [1.29, 1.82) is 0 Å². The summed E-state index contributed by atoms with van der Waals surface area (Å²) in [6, 6.07) is 4.04. The summed E-state index contributed by atoms with van der Waals surface area (Å²) in [7, 11) is 0. The Morgan fingerprint density at radius 1 is 1.09 bits per heavy atom. The van der Waals surface area contributed by atoms with Crippen LogP contribution < -0.4 is 10.6 Å². The highest BCUT2D eigenvalue weighted by Gasteiger charge is 2.36. The molecule has 2 rings (SSSR count). The number of nitrogens with one attached hydrogen (secondary N) is 2. The average molecular weight is 448 g/mol. The number of hydrogen-bond donors (Lipinski definition) is 4. The highest BCUT2D eigenvalue weighted by molar-refractivity contribution is 5.93. The molecule has 9 nitrogen and oxygen atoms in total. The highest BCUT2D eigenvalue weighted by atomic mass is 16.4. The molecule has 3 amide bonds. The third-order valence-electron chi connectivity index (χ3n) is 5.51. The molecule has 0 bridgehead atoms. The zero-order chi connectivity index (χ0) is 23.8. The number of rotatable bonds is 10. The zero-order valence-corrected chi connectivity index (χ0v) is 18.8. The van der Waals surface area contributed by atoms with Gasteiger partial charge in [0.25, 0.3) is 0 Å². The Labute approximate surface area is 188 Å². The van der Waals surface area contributed by atoms with E-state index in [9.17, 15) is 24.3 Å². The summed E-state index contributed by atoms with van der Waals surface area (Å²) in [6.45, 7) is 5.65. The first kappa shape index (κ1) is 25.2. The Balaban J connectivity index is 1.99. The second-order valence-corrected chi connectivity index (χ2v) is 8.67. The van der Waals surface area contributed by atoms with Crippen LogP contribution in [0.25, 0.3) is 0 Å². The molecule has 176 valence electrons. The van der Waals surface area contributed by atoms with Gasteiger partial charge in [0.05, 0.1) is 0 Å². The molecular formula is C23H33N3O6. The molecule has 9 heteroatoms. The number of phenolic OH excluding ortho intramolecular Hbond substituents is 1. The van der Waals surface area contributed by atoms with E-state index in [0.717, 1.165) is 5.56 Å². The van der Waals surface area contributed by atoms with E-state index in [2.05, 4.69) is 10.6 Å². The van der Waals surface area contributed by atoms with E-state index >= 15 is 0 Å². The predicted octanol–water partition coefficient (Wildman–Crippen LogP) is 1.44. The summed E-state index contributed by atoms with van der Waals surface area (Å²) in [5.41, 5.74) is 0.914. The average Bonchev–Trinajstić information content (AvgIpc) is 3.22. The van der Waals surface area contributed by atoms with Crippen molar-refractivity contribution >= 4 is 23.7 Å². The Morgan fingerprint density at radius 3 is 2.34 bits per heavy atom. The van der Waals surface area contributed by atoms with E-state index in [1.807, 2.05) is 13.8 Å². The fourth-order valence-electron chi connectivity index (χ4n) is 3.74. The van der Waals surface area contributed by atoms with Crippen LogP contribution in [0, 0.1) is 5.92 Å². The van der Waals surface area contributed by atoms with E-state index in [1.165, 1.54) is 6.92 Å². The number of carboxylic acid groups (broad SMARTS) is 1. The molecule has 4 N–H and O–H groups in total. The largest absolute Gasteiger partial charge is 0.508 e. The molecule has 0 unspecified atom stereocenters. The zero-order valence-electron chi connectivity index (χ0n) is 18.8. The molecule has 1 aliphatic rings. The Morgan fingerprint density at radius 2 is 1.75 bits per heavy atom. The summed E-state index contributed by atoms with van der Waals surface area (Å²) in [5, 5.41) is 23.5. The van der Waals surface area contributed by atoms with Gasteiger partial charge in [-0.15, -0.1) is 0 Å². The third kappa shape index (κ3) is 7.25. The number of aryl methyl sites for hydroxylation is 1. The lowest BCUT2D eigenvalue weighted by Crippen LogP contribution is -2.55. The number of amides is 3. The van der Waals surface area contributed by atoms with Gasteiger partial charge in [-0.25, -0.2) is 0 Å². The monoisotopic (exact) mass is 447 g/mol. The third-order valence-corrected chi connectivity index (χ3v) is 5.51. The second-order valence-electron chi connectivity index (χ2n) is 8.67. The van der Waals surface area contributed by atoms with Crippen LogP contribution in [0.1, 0.15) is 52.0 Å². The number of likely N-dealkylation sites (tertiary alicyclic amines) is 1. The second kappa shape index (κ2) is 11.5. The fraction of sp³-hybridized carbons (Fsp3) is 0.565. The normalized spacial score (nSPS) is 17.6. The standard InChI is InChI=1S/C23H33N3O6/c1-14(2)13-18(21(29)24-15(3)23(31)32)25-22(30)19-5-4-12-26(19)20(28)11-8-16-6-9-17(27)10-7-16/h6-7,9-10,14-15,18-19,27H,4-5,8,11-13H2,1-3H3,(H,24,29)(H,25,30)(H,31,32)/t15-,18-,19-/m0/s1. The molecule has 1 aromatic carbocycles. The summed E-state index contributed by atoms with van der Waals surface area (Å²) >= 11 is 0. The molecule has 0 aromatic heterocycles. The first-order chi connectivity index (χ1) is 15.1. The molecule has 1 saturated heterocycles. The quantitative estimate of drug-likeness (QED) is 0.428. The van der Waals surface area contributed by atoms with Crippen LogP contribution in [0.5, 0.6) is 5.75 Å². The molecule has 1 heterocycles. The summed E-state index contributed by atoms with van der Waals surface area (Å²) in [5.74, 6) is -1.99. The van der Waals surface area contributed by atoms with E-state index in [0.29, 0.717) is 32.2 Å². The number of aliphatic carboxylic acids is 1. The van der Waals surface area contributed by atoms with Crippen molar-refractivity contribution in [2.45, 2.75) is 71.0 Å². The minimum atomic E-state index is -1.16. The maximum Gasteiger partial charge on any atom is 0.325 e. The van der Waals surface area contributed by atoms with Crippen LogP contribution in [0.4, 0.5) is 0 Å². The van der Waals surface area contributed by atoms with Crippen LogP contribution in [0.3, 0.4) is 0 Å². The molecule has 0 aliphatic carbocycles. The van der Waals surface area contributed by atoms with Gasteiger partial charge in [-0.3, -0.25) is 19.2 Å². The number of carboxylic acids is 1. The number of carbonyl (C=O) groups excluding carboxylic acids is 3. The van der Waals surface area contributed by atoms with Gasteiger partial charge in [-0.2, -0.15) is 0 Å². The summed E-state index contributed by atoms with van der Waals surface area (Å²) < 4.78 is 0. The van der Waals surface area contributed by atoms with E-state index in [-0.39, 0.29) is 24.0 Å². The van der Waals surface area contributed by atoms with Gasteiger partial charge < -0.3 is 25.7 Å².